The molecular formula is C22H27N5. The fraction of sp³-hybridized carbons (Fsp3) is 0.455. The van der Waals surface area contributed by atoms with Crippen molar-refractivity contribution in [1.82, 2.24) is 19.9 Å². The highest BCUT2D eigenvalue weighted by atomic mass is 15.3. The fourth-order valence-corrected chi connectivity index (χ4v) is 4.66. The maximum Gasteiger partial charge on any atom is 0.157 e. The second-order valence-corrected chi connectivity index (χ2v) is 7.90. The molecule has 0 aliphatic carbocycles. The van der Waals surface area contributed by atoms with E-state index in [2.05, 4.69) is 51.2 Å². The lowest BCUT2D eigenvalue weighted by Crippen LogP contribution is -2.40. The Morgan fingerprint density at radius 2 is 1.85 bits per heavy atom. The van der Waals surface area contributed by atoms with Crippen molar-refractivity contribution in [3.05, 3.63) is 42.2 Å². The minimum atomic E-state index is 0.559. The van der Waals surface area contributed by atoms with Crippen LogP contribution >= 0.6 is 0 Å². The summed E-state index contributed by atoms with van der Waals surface area (Å²) in [6, 6.07) is 13.2. The Labute approximate surface area is 160 Å². The number of benzene rings is 1. The van der Waals surface area contributed by atoms with Crippen LogP contribution in [0.1, 0.15) is 31.5 Å². The fourth-order valence-electron chi connectivity index (χ4n) is 4.66. The summed E-state index contributed by atoms with van der Waals surface area (Å²) in [5.74, 6) is 1.93. The first-order valence-electron chi connectivity index (χ1n) is 10.2. The van der Waals surface area contributed by atoms with Crippen molar-refractivity contribution >= 4 is 16.9 Å². The van der Waals surface area contributed by atoms with Crippen molar-refractivity contribution in [2.45, 2.75) is 38.6 Å². The molecule has 5 heteroatoms. The van der Waals surface area contributed by atoms with Gasteiger partial charge in [0.15, 0.2) is 5.82 Å². The normalized spacial score (nSPS) is 20.8. The Morgan fingerprint density at radius 3 is 2.67 bits per heavy atom. The molecule has 0 unspecified atom stereocenters. The van der Waals surface area contributed by atoms with Crippen molar-refractivity contribution in [2.75, 3.05) is 31.1 Å². The number of nitrogens with zero attached hydrogens (tertiary/aromatic N) is 4. The first-order valence-corrected chi connectivity index (χ1v) is 10.2. The van der Waals surface area contributed by atoms with E-state index in [-0.39, 0.29) is 0 Å². The lowest BCUT2D eigenvalue weighted by molar-refractivity contribution is 0.313. The van der Waals surface area contributed by atoms with Gasteiger partial charge in [0, 0.05) is 24.8 Å². The number of hydrogen-bond donors (Lipinski definition) is 1. The largest absolute Gasteiger partial charge is 0.350 e. The number of aromatic nitrogens is 3. The minimum absolute atomic E-state index is 0.559. The molecule has 0 amide bonds. The highest BCUT2D eigenvalue weighted by Crippen LogP contribution is 2.33. The van der Waals surface area contributed by atoms with E-state index in [0.717, 1.165) is 41.5 Å². The van der Waals surface area contributed by atoms with E-state index in [9.17, 15) is 0 Å². The molecule has 0 saturated carbocycles. The van der Waals surface area contributed by atoms with Crippen LogP contribution in [0.15, 0.2) is 36.4 Å². The van der Waals surface area contributed by atoms with E-state index in [1.807, 2.05) is 6.92 Å². The van der Waals surface area contributed by atoms with E-state index in [1.54, 1.807) is 0 Å². The molecule has 4 heterocycles. The van der Waals surface area contributed by atoms with Crippen LogP contribution in [0.3, 0.4) is 0 Å². The molecule has 0 bridgehead atoms. The van der Waals surface area contributed by atoms with Gasteiger partial charge in [-0.3, -0.25) is 0 Å². The van der Waals surface area contributed by atoms with Crippen molar-refractivity contribution in [2.24, 2.45) is 0 Å². The Bertz CT molecular complexity index is 927. The smallest absolute Gasteiger partial charge is 0.157 e. The number of anilines is 1. The maximum absolute atomic E-state index is 4.88. The van der Waals surface area contributed by atoms with E-state index in [0.29, 0.717) is 6.04 Å². The van der Waals surface area contributed by atoms with Crippen molar-refractivity contribution in [1.29, 1.82) is 0 Å². The van der Waals surface area contributed by atoms with Crippen LogP contribution in [0.4, 0.5) is 5.82 Å². The Hall–Kier alpha value is -2.40. The number of fused-ring (bicyclic) bond motifs is 1. The molecule has 0 spiro atoms. The molecule has 2 fully saturated rings. The van der Waals surface area contributed by atoms with Crippen LogP contribution in [-0.4, -0.2) is 52.1 Å². The van der Waals surface area contributed by atoms with E-state index in [4.69, 9.17) is 9.97 Å². The van der Waals surface area contributed by atoms with Crippen molar-refractivity contribution < 1.29 is 0 Å². The molecule has 140 valence electrons. The van der Waals surface area contributed by atoms with Gasteiger partial charge in [0.25, 0.3) is 0 Å². The number of hydrogen-bond acceptors (Lipinski definition) is 4. The highest BCUT2D eigenvalue weighted by molar-refractivity contribution is 5.91. The Balaban J connectivity index is 1.52. The molecule has 5 rings (SSSR count). The number of nitrogens with one attached hydrogen (secondary N) is 1. The number of H-pyrrole nitrogens is 1. The molecule has 5 nitrogen and oxygen atoms in total. The molecule has 3 aromatic rings. The molecule has 2 saturated heterocycles. The lowest BCUT2D eigenvalue weighted by atomic mass is 10.2. The average Bonchev–Trinajstić information content (AvgIpc) is 3.42. The molecular weight excluding hydrogens is 334 g/mol. The molecule has 27 heavy (non-hydrogen) atoms. The van der Waals surface area contributed by atoms with Gasteiger partial charge in [0.1, 0.15) is 11.3 Å². The van der Waals surface area contributed by atoms with E-state index in [1.165, 1.54) is 44.3 Å². The van der Waals surface area contributed by atoms with Gasteiger partial charge in [-0.15, -0.1) is 0 Å². The summed E-state index contributed by atoms with van der Waals surface area (Å²) in [6.45, 7) is 6.76. The molecule has 0 radical (unpaired) electrons. The SMILES string of the molecule is Cc1nc(N2CCC[C@H]2CN2CCCC2)c2[nH]c(-c3ccccc3)cc2n1. The third-order valence-corrected chi connectivity index (χ3v) is 5.97. The van der Waals surface area contributed by atoms with Crippen LogP contribution in [0.5, 0.6) is 0 Å². The third kappa shape index (κ3) is 3.21. The van der Waals surface area contributed by atoms with Gasteiger partial charge in [0.05, 0.1) is 5.52 Å². The Morgan fingerprint density at radius 1 is 1.04 bits per heavy atom. The van der Waals surface area contributed by atoms with Crippen LogP contribution < -0.4 is 4.90 Å². The van der Waals surface area contributed by atoms with Crippen LogP contribution in [0.25, 0.3) is 22.3 Å². The molecule has 1 atom stereocenters. The zero-order valence-electron chi connectivity index (χ0n) is 16.0. The van der Waals surface area contributed by atoms with E-state index >= 15 is 0 Å². The highest BCUT2D eigenvalue weighted by Gasteiger charge is 2.30. The van der Waals surface area contributed by atoms with E-state index < -0.39 is 0 Å². The third-order valence-electron chi connectivity index (χ3n) is 5.97. The predicted octanol–water partition coefficient (Wildman–Crippen LogP) is 4.00. The van der Waals surface area contributed by atoms with Gasteiger partial charge in [-0.2, -0.15) is 0 Å². The lowest BCUT2D eigenvalue weighted by Gasteiger charge is -2.29. The second-order valence-electron chi connectivity index (χ2n) is 7.90. The standard InChI is InChI=1S/C22H27N5/c1-16-23-20-14-19(17-8-3-2-4-9-17)25-21(20)22(24-16)27-13-7-10-18(27)15-26-11-5-6-12-26/h2-4,8-9,14,18,25H,5-7,10-13,15H2,1H3/t18-/m0/s1. The zero-order chi connectivity index (χ0) is 18.2. The van der Waals surface area contributed by atoms with Crippen LogP contribution in [0, 0.1) is 6.92 Å². The molecule has 1 N–H and O–H groups in total. The molecule has 2 aliphatic rings. The van der Waals surface area contributed by atoms with Gasteiger partial charge in [-0.1, -0.05) is 30.3 Å². The number of aryl methyl sites for hydroxylation is 1. The van der Waals surface area contributed by atoms with Gasteiger partial charge >= 0.3 is 0 Å². The summed E-state index contributed by atoms with van der Waals surface area (Å²) in [7, 11) is 0. The van der Waals surface area contributed by atoms with Crippen LogP contribution in [-0.2, 0) is 0 Å². The topological polar surface area (TPSA) is 48.1 Å². The van der Waals surface area contributed by atoms with Gasteiger partial charge in [-0.25, -0.2) is 9.97 Å². The summed E-state index contributed by atoms with van der Waals surface area (Å²) < 4.78 is 0. The van der Waals surface area contributed by atoms with Gasteiger partial charge in [0.2, 0.25) is 0 Å². The second kappa shape index (κ2) is 6.97. The summed E-state index contributed by atoms with van der Waals surface area (Å²) in [6.07, 6.45) is 5.20. The summed E-state index contributed by atoms with van der Waals surface area (Å²) in [4.78, 5) is 18.4. The van der Waals surface area contributed by atoms with Gasteiger partial charge < -0.3 is 14.8 Å². The first kappa shape index (κ1) is 16.8. The summed E-state index contributed by atoms with van der Waals surface area (Å²) in [5, 5.41) is 0. The van der Waals surface area contributed by atoms with Crippen LogP contribution in [0.2, 0.25) is 0 Å². The summed E-state index contributed by atoms with van der Waals surface area (Å²) in [5.41, 5.74) is 4.40. The number of likely N-dealkylation sites (tertiary alicyclic amines) is 1. The molecule has 1 aromatic carbocycles. The number of aromatic amines is 1. The quantitative estimate of drug-likeness (QED) is 0.763. The van der Waals surface area contributed by atoms with Crippen molar-refractivity contribution in [3.63, 3.8) is 0 Å². The molecule has 2 aliphatic heterocycles. The number of rotatable bonds is 4. The molecule has 2 aromatic heterocycles. The summed E-state index contributed by atoms with van der Waals surface area (Å²) >= 11 is 0. The first-order chi connectivity index (χ1) is 13.3. The van der Waals surface area contributed by atoms with Gasteiger partial charge in [-0.05, 0) is 57.3 Å². The minimum Gasteiger partial charge on any atom is -0.350 e. The maximum atomic E-state index is 4.88. The monoisotopic (exact) mass is 361 g/mol. The average molecular weight is 361 g/mol. The predicted molar refractivity (Wildman–Crippen MR) is 110 cm³/mol. The zero-order valence-corrected chi connectivity index (χ0v) is 16.0. The van der Waals surface area contributed by atoms with Crippen molar-refractivity contribution in [3.8, 4) is 11.3 Å². The Kier molecular flexibility index (Phi) is 4.32.